The molecule has 0 unspecified atom stereocenters. The van der Waals surface area contributed by atoms with E-state index in [1.165, 1.54) is 6.07 Å². The molecule has 0 aliphatic heterocycles. The third kappa shape index (κ3) is 4.32. The van der Waals surface area contributed by atoms with Crippen molar-refractivity contribution >= 4 is 17.5 Å². The van der Waals surface area contributed by atoms with Crippen LogP contribution in [0.1, 0.15) is 28.2 Å². The Labute approximate surface area is 150 Å². The first-order valence-corrected chi connectivity index (χ1v) is 8.10. The molecule has 0 saturated heterocycles. The van der Waals surface area contributed by atoms with Crippen LogP contribution >= 0.6 is 0 Å². The molecular formula is C19H18N4O3. The van der Waals surface area contributed by atoms with Gasteiger partial charge in [-0.3, -0.25) is 9.59 Å². The lowest BCUT2D eigenvalue weighted by Gasteiger charge is -2.05. The molecule has 2 aromatic carbocycles. The number of nitrogens with zero attached hydrogens (tertiary/aromatic N) is 2. The molecule has 0 aliphatic carbocycles. The molecule has 3 aromatic rings. The zero-order valence-electron chi connectivity index (χ0n) is 14.2. The summed E-state index contributed by atoms with van der Waals surface area (Å²) in [6.07, 6.45) is 0.497. The summed E-state index contributed by atoms with van der Waals surface area (Å²) >= 11 is 0. The minimum absolute atomic E-state index is 0.177. The Hall–Kier alpha value is -3.48. The Morgan fingerprint density at radius 2 is 1.88 bits per heavy atom. The SMILES string of the molecule is Cc1ccc(-c2nnc(CCC(=O)Nc3cccc(C(N)=O)c3)o2)cc1. The molecular weight excluding hydrogens is 332 g/mol. The van der Waals surface area contributed by atoms with E-state index < -0.39 is 5.91 Å². The Kier molecular flexibility index (Phi) is 5.07. The smallest absolute Gasteiger partial charge is 0.248 e. The number of aromatic nitrogens is 2. The van der Waals surface area contributed by atoms with E-state index in [-0.39, 0.29) is 12.3 Å². The van der Waals surface area contributed by atoms with Crippen molar-refractivity contribution in [3.8, 4) is 11.5 Å². The molecule has 7 heteroatoms. The Morgan fingerprint density at radius 3 is 2.62 bits per heavy atom. The monoisotopic (exact) mass is 350 g/mol. The van der Waals surface area contributed by atoms with Crippen molar-refractivity contribution in [1.29, 1.82) is 0 Å². The second-order valence-electron chi connectivity index (χ2n) is 5.86. The minimum Gasteiger partial charge on any atom is -0.421 e. The molecule has 3 N–H and O–H groups in total. The lowest BCUT2D eigenvalue weighted by molar-refractivity contribution is -0.116. The van der Waals surface area contributed by atoms with Gasteiger partial charge >= 0.3 is 0 Å². The molecule has 7 nitrogen and oxygen atoms in total. The molecule has 0 fully saturated rings. The van der Waals surface area contributed by atoms with Crippen molar-refractivity contribution in [3.63, 3.8) is 0 Å². The van der Waals surface area contributed by atoms with E-state index in [2.05, 4.69) is 15.5 Å². The van der Waals surface area contributed by atoms with E-state index in [0.29, 0.717) is 29.5 Å². The molecule has 0 aliphatic rings. The fraction of sp³-hybridized carbons (Fsp3) is 0.158. The summed E-state index contributed by atoms with van der Waals surface area (Å²) in [4.78, 5) is 23.2. The lowest BCUT2D eigenvalue weighted by Crippen LogP contribution is -2.14. The highest BCUT2D eigenvalue weighted by atomic mass is 16.4. The number of carbonyl (C=O) groups is 2. The maximum Gasteiger partial charge on any atom is 0.248 e. The molecule has 0 atom stereocenters. The van der Waals surface area contributed by atoms with E-state index in [4.69, 9.17) is 10.2 Å². The second kappa shape index (κ2) is 7.60. The third-order valence-corrected chi connectivity index (χ3v) is 3.76. The van der Waals surface area contributed by atoms with Crippen molar-refractivity contribution in [3.05, 3.63) is 65.5 Å². The van der Waals surface area contributed by atoms with Crippen LogP contribution in [0, 0.1) is 6.92 Å². The third-order valence-electron chi connectivity index (χ3n) is 3.76. The summed E-state index contributed by atoms with van der Waals surface area (Å²) in [5.41, 5.74) is 8.05. The summed E-state index contributed by atoms with van der Waals surface area (Å²) < 4.78 is 5.60. The standard InChI is InChI=1S/C19H18N4O3/c1-12-5-7-13(8-6-12)19-23-22-17(26-19)10-9-16(24)21-15-4-2-3-14(11-15)18(20)25/h2-8,11H,9-10H2,1H3,(H2,20,25)(H,21,24). The topological polar surface area (TPSA) is 111 Å². The van der Waals surface area contributed by atoms with Crippen molar-refractivity contribution in [2.75, 3.05) is 5.32 Å². The highest BCUT2D eigenvalue weighted by Crippen LogP contribution is 2.19. The number of nitrogens with one attached hydrogen (secondary N) is 1. The predicted octanol–water partition coefficient (Wildman–Crippen LogP) is 2.72. The number of aryl methyl sites for hydroxylation is 2. The molecule has 1 aromatic heterocycles. The first kappa shape index (κ1) is 17.3. The summed E-state index contributed by atoms with van der Waals surface area (Å²) in [6, 6.07) is 14.2. The van der Waals surface area contributed by atoms with E-state index >= 15 is 0 Å². The van der Waals surface area contributed by atoms with E-state index in [0.717, 1.165) is 11.1 Å². The number of nitrogens with two attached hydrogens (primary N) is 1. The summed E-state index contributed by atoms with van der Waals surface area (Å²) in [5.74, 6) is 0.0495. The van der Waals surface area contributed by atoms with Crippen molar-refractivity contribution in [2.45, 2.75) is 19.8 Å². The summed E-state index contributed by atoms with van der Waals surface area (Å²) in [5, 5.41) is 10.7. The second-order valence-corrected chi connectivity index (χ2v) is 5.86. The molecule has 3 rings (SSSR count). The Balaban J connectivity index is 1.57. The van der Waals surface area contributed by atoms with Gasteiger partial charge in [-0.1, -0.05) is 23.8 Å². The number of anilines is 1. The van der Waals surface area contributed by atoms with Gasteiger partial charge in [0.25, 0.3) is 0 Å². The molecule has 1 heterocycles. The number of benzene rings is 2. The van der Waals surface area contributed by atoms with Gasteiger partial charge in [-0.05, 0) is 37.3 Å². The van der Waals surface area contributed by atoms with Gasteiger partial charge in [-0.2, -0.15) is 0 Å². The molecule has 132 valence electrons. The van der Waals surface area contributed by atoms with Crippen LogP contribution in [0.25, 0.3) is 11.5 Å². The number of carbonyl (C=O) groups excluding carboxylic acids is 2. The fourth-order valence-corrected chi connectivity index (χ4v) is 2.36. The van der Waals surface area contributed by atoms with E-state index in [1.54, 1.807) is 18.2 Å². The number of primary amides is 1. The van der Waals surface area contributed by atoms with Crippen LogP contribution in [-0.4, -0.2) is 22.0 Å². The number of hydrogen-bond donors (Lipinski definition) is 2. The maximum absolute atomic E-state index is 12.1. The van der Waals surface area contributed by atoms with E-state index in [9.17, 15) is 9.59 Å². The van der Waals surface area contributed by atoms with Crippen LogP contribution in [0.15, 0.2) is 52.9 Å². The highest BCUT2D eigenvalue weighted by molar-refractivity contribution is 5.96. The molecule has 0 bridgehead atoms. The van der Waals surface area contributed by atoms with Gasteiger partial charge in [0.05, 0.1) is 0 Å². The van der Waals surface area contributed by atoms with Crippen molar-refractivity contribution in [2.24, 2.45) is 5.73 Å². The molecule has 26 heavy (non-hydrogen) atoms. The molecule has 2 amide bonds. The van der Waals surface area contributed by atoms with Gasteiger partial charge in [0.2, 0.25) is 23.6 Å². The zero-order valence-corrected chi connectivity index (χ0v) is 14.2. The van der Waals surface area contributed by atoms with Gasteiger partial charge < -0.3 is 15.5 Å². The van der Waals surface area contributed by atoms with Gasteiger partial charge in [-0.15, -0.1) is 10.2 Å². The summed E-state index contributed by atoms with van der Waals surface area (Å²) in [7, 11) is 0. The largest absolute Gasteiger partial charge is 0.421 e. The number of rotatable bonds is 6. The van der Waals surface area contributed by atoms with Crippen LogP contribution in [0.4, 0.5) is 5.69 Å². The van der Waals surface area contributed by atoms with Crippen LogP contribution in [-0.2, 0) is 11.2 Å². The van der Waals surface area contributed by atoms with Crippen LogP contribution in [0.5, 0.6) is 0 Å². The highest BCUT2D eigenvalue weighted by Gasteiger charge is 2.11. The number of amides is 2. The fourth-order valence-electron chi connectivity index (χ4n) is 2.36. The van der Waals surface area contributed by atoms with Gasteiger partial charge in [-0.25, -0.2) is 0 Å². The average Bonchev–Trinajstić information content (AvgIpc) is 3.10. The molecule has 0 saturated carbocycles. The minimum atomic E-state index is -0.546. The van der Waals surface area contributed by atoms with Crippen molar-refractivity contribution in [1.82, 2.24) is 10.2 Å². The Morgan fingerprint density at radius 1 is 1.12 bits per heavy atom. The number of hydrogen-bond acceptors (Lipinski definition) is 5. The Bertz CT molecular complexity index is 932. The van der Waals surface area contributed by atoms with Gasteiger partial charge in [0, 0.05) is 29.7 Å². The zero-order chi connectivity index (χ0) is 18.5. The first-order chi connectivity index (χ1) is 12.5. The average molecular weight is 350 g/mol. The van der Waals surface area contributed by atoms with Crippen molar-refractivity contribution < 1.29 is 14.0 Å². The van der Waals surface area contributed by atoms with E-state index in [1.807, 2.05) is 31.2 Å². The summed E-state index contributed by atoms with van der Waals surface area (Å²) in [6.45, 7) is 2.00. The molecule has 0 radical (unpaired) electrons. The first-order valence-electron chi connectivity index (χ1n) is 8.10. The lowest BCUT2D eigenvalue weighted by atomic mass is 10.1. The van der Waals surface area contributed by atoms with Crippen LogP contribution < -0.4 is 11.1 Å². The normalized spacial score (nSPS) is 10.5. The van der Waals surface area contributed by atoms with Crippen LogP contribution in [0.3, 0.4) is 0 Å². The predicted molar refractivity (Wildman–Crippen MR) is 96.4 cm³/mol. The quantitative estimate of drug-likeness (QED) is 0.710. The van der Waals surface area contributed by atoms with Crippen LogP contribution in [0.2, 0.25) is 0 Å². The van der Waals surface area contributed by atoms with Gasteiger partial charge in [0.15, 0.2) is 0 Å². The maximum atomic E-state index is 12.1. The van der Waals surface area contributed by atoms with Gasteiger partial charge in [0.1, 0.15) is 0 Å². The molecule has 0 spiro atoms.